The highest BCUT2D eigenvalue weighted by molar-refractivity contribution is 7.86. The normalized spacial score (nSPS) is 11.3. The van der Waals surface area contributed by atoms with E-state index in [1.807, 2.05) is 0 Å². The van der Waals surface area contributed by atoms with E-state index in [1.54, 1.807) is 6.07 Å². The van der Waals surface area contributed by atoms with Crippen LogP contribution in [0.4, 0.5) is 0 Å². The van der Waals surface area contributed by atoms with Crippen LogP contribution in [0.5, 0.6) is 0 Å². The van der Waals surface area contributed by atoms with Crippen LogP contribution < -0.4 is 0 Å². The Bertz CT molecular complexity index is 598. The molecule has 0 fully saturated rings. The summed E-state index contributed by atoms with van der Waals surface area (Å²) in [5.74, 6) is 0.149. The summed E-state index contributed by atoms with van der Waals surface area (Å²) in [5.41, 5.74) is 0.220. The molecule has 1 aromatic carbocycles. The third-order valence-corrected chi connectivity index (χ3v) is 2.80. The first kappa shape index (κ1) is 10.7. The Morgan fingerprint density at radius 1 is 1.12 bits per heavy atom. The third-order valence-electron chi connectivity index (χ3n) is 1.89. The Morgan fingerprint density at radius 2 is 1.88 bits per heavy atom. The van der Waals surface area contributed by atoms with E-state index in [2.05, 4.69) is 15.2 Å². The minimum atomic E-state index is -4.29. The number of hydrogen-bond donors (Lipinski definition) is 1. The minimum Gasteiger partial charge on any atom is -0.282 e. The lowest BCUT2D eigenvalue weighted by molar-refractivity contribution is 0.483. The van der Waals surface area contributed by atoms with Gasteiger partial charge in [0.15, 0.2) is 5.82 Å². The standard InChI is InChI=1S/C9H7N3O3S/c13-16(14,15)8-4-2-1-3-7(8)9-10-5-6-11-12-9/h1-6H,(H,13,14,15). The molecular weight excluding hydrogens is 230 g/mol. The lowest BCUT2D eigenvalue weighted by atomic mass is 10.2. The highest BCUT2D eigenvalue weighted by atomic mass is 32.2. The van der Waals surface area contributed by atoms with Crippen molar-refractivity contribution in [2.75, 3.05) is 0 Å². The van der Waals surface area contributed by atoms with Crippen LogP contribution in [-0.4, -0.2) is 28.2 Å². The molecule has 0 unspecified atom stereocenters. The van der Waals surface area contributed by atoms with Crippen molar-refractivity contribution < 1.29 is 13.0 Å². The number of hydrogen-bond acceptors (Lipinski definition) is 5. The van der Waals surface area contributed by atoms with Gasteiger partial charge in [-0.05, 0) is 12.1 Å². The number of benzene rings is 1. The molecule has 0 radical (unpaired) electrons. The van der Waals surface area contributed by atoms with Crippen LogP contribution in [0.1, 0.15) is 0 Å². The highest BCUT2D eigenvalue weighted by Gasteiger charge is 2.17. The molecule has 2 aromatic rings. The van der Waals surface area contributed by atoms with Crippen molar-refractivity contribution in [3.05, 3.63) is 36.7 Å². The number of nitrogens with zero attached hydrogens (tertiary/aromatic N) is 3. The summed E-state index contributed by atoms with van der Waals surface area (Å²) < 4.78 is 31.2. The van der Waals surface area contributed by atoms with E-state index in [9.17, 15) is 8.42 Å². The largest absolute Gasteiger partial charge is 0.295 e. The Kier molecular flexibility index (Phi) is 2.63. The van der Waals surface area contributed by atoms with E-state index < -0.39 is 10.1 Å². The molecular formula is C9H7N3O3S. The second-order valence-electron chi connectivity index (χ2n) is 2.94. The maximum atomic E-state index is 11.1. The maximum Gasteiger partial charge on any atom is 0.295 e. The summed E-state index contributed by atoms with van der Waals surface area (Å²) in [5, 5.41) is 7.28. The molecule has 1 heterocycles. The van der Waals surface area contributed by atoms with Crippen LogP contribution in [0.25, 0.3) is 11.4 Å². The Morgan fingerprint density at radius 3 is 2.50 bits per heavy atom. The van der Waals surface area contributed by atoms with Gasteiger partial charge in [0.05, 0.1) is 6.20 Å². The van der Waals surface area contributed by atoms with Gasteiger partial charge >= 0.3 is 0 Å². The molecule has 0 aliphatic rings. The number of aromatic nitrogens is 3. The fourth-order valence-corrected chi connectivity index (χ4v) is 1.94. The van der Waals surface area contributed by atoms with Crippen molar-refractivity contribution >= 4 is 10.1 Å². The predicted molar refractivity (Wildman–Crippen MR) is 55.1 cm³/mol. The fourth-order valence-electron chi connectivity index (χ4n) is 1.25. The van der Waals surface area contributed by atoms with Gasteiger partial charge < -0.3 is 0 Å². The van der Waals surface area contributed by atoms with Gasteiger partial charge in [-0.3, -0.25) is 4.55 Å². The van der Waals surface area contributed by atoms with E-state index in [-0.39, 0.29) is 16.3 Å². The molecule has 0 saturated carbocycles. The van der Waals surface area contributed by atoms with Crippen molar-refractivity contribution in [3.8, 4) is 11.4 Å². The fraction of sp³-hybridized carbons (Fsp3) is 0. The summed E-state index contributed by atoms with van der Waals surface area (Å²) >= 11 is 0. The van der Waals surface area contributed by atoms with Gasteiger partial charge in [-0.2, -0.15) is 13.5 Å². The van der Waals surface area contributed by atoms with Gasteiger partial charge in [0.2, 0.25) is 0 Å². The lowest BCUT2D eigenvalue weighted by Crippen LogP contribution is -2.02. The monoisotopic (exact) mass is 237 g/mol. The molecule has 0 amide bonds. The molecule has 1 N–H and O–H groups in total. The second kappa shape index (κ2) is 3.95. The molecule has 2 rings (SSSR count). The van der Waals surface area contributed by atoms with Crippen LogP contribution in [0.3, 0.4) is 0 Å². The zero-order valence-electron chi connectivity index (χ0n) is 7.98. The zero-order chi connectivity index (χ0) is 11.6. The van der Waals surface area contributed by atoms with Crippen molar-refractivity contribution in [2.45, 2.75) is 4.90 Å². The maximum absolute atomic E-state index is 11.1. The SMILES string of the molecule is O=S(=O)(O)c1ccccc1-c1nccnn1. The molecule has 7 heteroatoms. The van der Waals surface area contributed by atoms with Gasteiger partial charge in [-0.15, -0.1) is 5.10 Å². The first-order valence-electron chi connectivity index (χ1n) is 4.29. The molecule has 0 bridgehead atoms. The van der Waals surface area contributed by atoms with E-state index in [0.29, 0.717) is 0 Å². The van der Waals surface area contributed by atoms with Crippen LogP contribution in [0.2, 0.25) is 0 Å². The Hall–Kier alpha value is -1.86. The molecule has 0 aliphatic carbocycles. The summed E-state index contributed by atoms with van der Waals surface area (Å²) in [4.78, 5) is 3.64. The van der Waals surface area contributed by atoms with Gasteiger partial charge in [-0.1, -0.05) is 12.1 Å². The minimum absolute atomic E-state index is 0.149. The van der Waals surface area contributed by atoms with Crippen LogP contribution in [-0.2, 0) is 10.1 Å². The first-order valence-corrected chi connectivity index (χ1v) is 5.73. The molecule has 1 aromatic heterocycles. The molecule has 16 heavy (non-hydrogen) atoms. The van der Waals surface area contributed by atoms with Gasteiger partial charge in [-0.25, -0.2) is 4.98 Å². The van der Waals surface area contributed by atoms with Crippen molar-refractivity contribution in [1.29, 1.82) is 0 Å². The zero-order valence-corrected chi connectivity index (χ0v) is 8.79. The summed E-state index contributed by atoms with van der Waals surface area (Å²) in [6, 6.07) is 5.91. The number of rotatable bonds is 2. The summed E-state index contributed by atoms with van der Waals surface area (Å²) in [7, 11) is -4.29. The van der Waals surface area contributed by atoms with Crippen molar-refractivity contribution in [2.24, 2.45) is 0 Å². The quantitative estimate of drug-likeness (QED) is 0.776. The average Bonchev–Trinajstić information content (AvgIpc) is 2.29. The smallest absolute Gasteiger partial charge is 0.282 e. The van der Waals surface area contributed by atoms with Crippen molar-refractivity contribution in [1.82, 2.24) is 15.2 Å². The first-order chi connectivity index (χ1) is 7.59. The van der Waals surface area contributed by atoms with E-state index in [1.165, 1.54) is 30.6 Å². The second-order valence-corrected chi connectivity index (χ2v) is 4.33. The summed E-state index contributed by atoms with van der Waals surface area (Å²) in [6.07, 6.45) is 2.77. The van der Waals surface area contributed by atoms with E-state index in [0.717, 1.165) is 0 Å². The summed E-state index contributed by atoms with van der Waals surface area (Å²) in [6.45, 7) is 0. The van der Waals surface area contributed by atoms with E-state index in [4.69, 9.17) is 4.55 Å². The van der Waals surface area contributed by atoms with Gasteiger partial charge in [0.25, 0.3) is 10.1 Å². The highest BCUT2D eigenvalue weighted by Crippen LogP contribution is 2.22. The van der Waals surface area contributed by atoms with Crippen LogP contribution in [0.15, 0.2) is 41.6 Å². The molecule has 82 valence electrons. The predicted octanol–water partition coefficient (Wildman–Crippen LogP) is 0.785. The van der Waals surface area contributed by atoms with Crippen molar-refractivity contribution in [3.63, 3.8) is 0 Å². The molecule has 6 nitrogen and oxygen atoms in total. The molecule has 0 aliphatic heterocycles. The topological polar surface area (TPSA) is 93.0 Å². The molecule has 0 saturated heterocycles. The average molecular weight is 237 g/mol. The molecule has 0 spiro atoms. The Labute approximate surface area is 91.7 Å². The van der Waals surface area contributed by atoms with Crippen LogP contribution >= 0.6 is 0 Å². The van der Waals surface area contributed by atoms with Gasteiger partial charge in [0.1, 0.15) is 4.90 Å². The Balaban J connectivity index is 2.68. The lowest BCUT2D eigenvalue weighted by Gasteiger charge is -2.03. The molecule has 0 atom stereocenters. The third kappa shape index (κ3) is 2.05. The van der Waals surface area contributed by atoms with E-state index >= 15 is 0 Å². The van der Waals surface area contributed by atoms with Crippen LogP contribution in [0, 0.1) is 0 Å². The van der Waals surface area contributed by atoms with Gasteiger partial charge in [0, 0.05) is 11.8 Å².